The quantitative estimate of drug-likeness (QED) is 0.896. The van der Waals surface area contributed by atoms with Gasteiger partial charge >= 0.3 is 0 Å². The number of hydrogen-bond donors (Lipinski definition) is 1. The Balaban J connectivity index is 1.58. The average Bonchev–Trinajstić information content (AvgIpc) is 2.89. The lowest BCUT2D eigenvalue weighted by Gasteiger charge is -2.26. The Morgan fingerprint density at radius 1 is 1.32 bits per heavy atom. The maximum atomic E-state index is 5.03. The summed E-state index contributed by atoms with van der Waals surface area (Å²) >= 11 is 1.96. The molecule has 3 nitrogen and oxygen atoms in total. The molecule has 2 heterocycles. The summed E-state index contributed by atoms with van der Waals surface area (Å²) in [7, 11) is 0. The molecule has 1 aromatic heterocycles. The third-order valence-corrected chi connectivity index (χ3v) is 5.98. The molecule has 104 valence electrons. The molecule has 0 radical (unpaired) electrons. The SMILES string of the molecule is CCNCc1sc(N2CC3CCC2C3)nc1C1CC1. The molecule has 2 saturated carbocycles. The molecule has 2 unspecified atom stereocenters. The highest BCUT2D eigenvalue weighted by molar-refractivity contribution is 7.15. The fourth-order valence-electron chi connectivity index (χ4n) is 3.67. The van der Waals surface area contributed by atoms with Crippen molar-refractivity contribution >= 4 is 16.5 Å². The predicted molar refractivity (Wildman–Crippen MR) is 79.9 cm³/mol. The van der Waals surface area contributed by atoms with Crippen molar-refractivity contribution in [2.45, 2.75) is 57.5 Å². The second kappa shape index (κ2) is 4.74. The van der Waals surface area contributed by atoms with Crippen LogP contribution in [0.3, 0.4) is 0 Å². The summed E-state index contributed by atoms with van der Waals surface area (Å²) in [6.45, 7) is 5.51. The van der Waals surface area contributed by atoms with E-state index in [4.69, 9.17) is 4.98 Å². The normalized spacial score (nSPS) is 29.4. The Kier molecular flexibility index (Phi) is 3.03. The fourth-order valence-corrected chi connectivity index (χ4v) is 4.87. The molecule has 3 aliphatic rings. The molecule has 1 saturated heterocycles. The van der Waals surface area contributed by atoms with Crippen LogP contribution < -0.4 is 10.2 Å². The standard InChI is InChI=1S/C15H23N3S/c1-2-16-8-13-14(11-4-5-11)17-15(19-13)18-9-10-3-6-12(18)7-10/h10-12,16H,2-9H2,1H3. The molecule has 1 N–H and O–H groups in total. The van der Waals surface area contributed by atoms with Gasteiger partial charge in [0.1, 0.15) is 0 Å². The van der Waals surface area contributed by atoms with Crippen LogP contribution in [-0.2, 0) is 6.54 Å². The van der Waals surface area contributed by atoms with Crippen molar-refractivity contribution in [3.63, 3.8) is 0 Å². The van der Waals surface area contributed by atoms with Crippen LogP contribution >= 0.6 is 11.3 Å². The number of rotatable bonds is 5. The highest BCUT2D eigenvalue weighted by Gasteiger charge is 2.40. The molecule has 2 bridgehead atoms. The summed E-state index contributed by atoms with van der Waals surface area (Å²) < 4.78 is 0. The fraction of sp³-hybridized carbons (Fsp3) is 0.800. The summed E-state index contributed by atoms with van der Waals surface area (Å²) in [4.78, 5) is 9.14. The van der Waals surface area contributed by atoms with E-state index in [1.807, 2.05) is 11.3 Å². The first-order chi connectivity index (χ1) is 9.35. The van der Waals surface area contributed by atoms with Gasteiger partial charge in [-0.1, -0.05) is 6.92 Å². The monoisotopic (exact) mass is 277 g/mol. The molecule has 1 aliphatic heterocycles. The van der Waals surface area contributed by atoms with E-state index < -0.39 is 0 Å². The van der Waals surface area contributed by atoms with Crippen LogP contribution in [-0.4, -0.2) is 24.1 Å². The van der Waals surface area contributed by atoms with Gasteiger partial charge in [0.2, 0.25) is 0 Å². The maximum absolute atomic E-state index is 5.03. The van der Waals surface area contributed by atoms with E-state index in [2.05, 4.69) is 17.1 Å². The van der Waals surface area contributed by atoms with Crippen molar-refractivity contribution in [2.24, 2.45) is 5.92 Å². The molecular weight excluding hydrogens is 254 g/mol. The van der Waals surface area contributed by atoms with Crippen LogP contribution in [0.15, 0.2) is 0 Å². The Morgan fingerprint density at radius 2 is 2.21 bits per heavy atom. The lowest BCUT2D eigenvalue weighted by Crippen LogP contribution is -2.31. The number of nitrogens with one attached hydrogen (secondary N) is 1. The van der Waals surface area contributed by atoms with Gasteiger partial charge in [-0.25, -0.2) is 4.98 Å². The number of fused-ring (bicyclic) bond motifs is 2. The van der Waals surface area contributed by atoms with Crippen LogP contribution in [0.5, 0.6) is 0 Å². The van der Waals surface area contributed by atoms with Gasteiger partial charge in [0.15, 0.2) is 5.13 Å². The lowest BCUT2D eigenvalue weighted by molar-refractivity contribution is 0.552. The van der Waals surface area contributed by atoms with Crippen molar-refractivity contribution < 1.29 is 0 Å². The van der Waals surface area contributed by atoms with Gasteiger partial charge < -0.3 is 10.2 Å². The second-order valence-electron chi connectivity index (χ2n) is 6.34. The summed E-state index contributed by atoms with van der Waals surface area (Å²) in [5, 5.41) is 4.80. The van der Waals surface area contributed by atoms with Crippen molar-refractivity contribution in [1.29, 1.82) is 0 Å². The van der Waals surface area contributed by atoms with Crippen LogP contribution in [0.2, 0.25) is 0 Å². The van der Waals surface area contributed by atoms with Crippen molar-refractivity contribution in [3.8, 4) is 0 Å². The van der Waals surface area contributed by atoms with Crippen LogP contribution in [0, 0.1) is 5.92 Å². The summed E-state index contributed by atoms with van der Waals surface area (Å²) in [5.41, 5.74) is 1.42. The predicted octanol–water partition coefficient (Wildman–Crippen LogP) is 3.12. The summed E-state index contributed by atoms with van der Waals surface area (Å²) in [5.74, 6) is 1.73. The summed E-state index contributed by atoms with van der Waals surface area (Å²) in [6.07, 6.45) is 6.97. The summed E-state index contributed by atoms with van der Waals surface area (Å²) in [6, 6.07) is 0.801. The topological polar surface area (TPSA) is 28.2 Å². The van der Waals surface area contributed by atoms with Gasteiger partial charge in [-0.3, -0.25) is 0 Å². The van der Waals surface area contributed by atoms with Crippen molar-refractivity contribution in [1.82, 2.24) is 10.3 Å². The van der Waals surface area contributed by atoms with E-state index in [1.165, 1.54) is 54.4 Å². The van der Waals surface area contributed by atoms with E-state index in [1.54, 1.807) is 0 Å². The largest absolute Gasteiger partial charge is 0.345 e. The van der Waals surface area contributed by atoms with Crippen LogP contribution in [0.1, 0.15) is 55.5 Å². The molecule has 2 atom stereocenters. The third-order valence-electron chi connectivity index (χ3n) is 4.87. The first-order valence-electron chi connectivity index (χ1n) is 7.82. The highest BCUT2D eigenvalue weighted by atomic mass is 32.1. The van der Waals surface area contributed by atoms with Gasteiger partial charge in [-0.2, -0.15) is 0 Å². The molecular formula is C15H23N3S. The molecule has 2 aliphatic carbocycles. The number of hydrogen-bond acceptors (Lipinski definition) is 4. The average molecular weight is 277 g/mol. The van der Waals surface area contributed by atoms with E-state index >= 15 is 0 Å². The number of thiazole rings is 1. The first-order valence-corrected chi connectivity index (χ1v) is 8.63. The Morgan fingerprint density at radius 3 is 2.84 bits per heavy atom. The zero-order valence-electron chi connectivity index (χ0n) is 11.7. The lowest BCUT2D eigenvalue weighted by atomic mass is 10.1. The first kappa shape index (κ1) is 12.2. The van der Waals surface area contributed by atoms with Gasteiger partial charge in [0.25, 0.3) is 0 Å². The zero-order valence-corrected chi connectivity index (χ0v) is 12.5. The Labute approximate surface area is 119 Å². The second-order valence-corrected chi connectivity index (χ2v) is 7.41. The number of aromatic nitrogens is 1. The minimum absolute atomic E-state index is 0.776. The molecule has 0 amide bonds. The number of piperidine rings is 1. The zero-order chi connectivity index (χ0) is 12.8. The van der Waals surface area contributed by atoms with Gasteiger partial charge in [0, 0.05) is 29.9 Å². The molecule has 19 heavy (non-hydrogen) atoms. The minimum Gasteiger partial charge on any atom is -0.345 e. The van der Waals surface area contributed by atoms with Crippen molar-refractivity contribution in [3.05, 3.63) is 10.6 Å². The molecule has 1 aromatic rings. The van der Waals surface area contributed by atoms with Crippen LogP contribution in [0.25, 0.3) is 0 Å². The van der Waals surface area contributed by atoms with E-state index in [0.717, 1.165) is 31.0 Å². The molecule has 0 spiro atoms. The van der Waals surface area contributed by atoms with E-state index in [-0.39, 0.29) is 0 Å². The number of nitrogens with zero attached hydrogens (tertiary/aromatic N) is 2. The molecule has 4 rings (SSSR count). The highest BCUT2D eigenvalue weighted by Crippen LogP contribution is 2.47. The van der Waals surface area contributed by atoms with E-state index in [9.17, 15) is 0 Å². The van der Waals surface area contributed by atoms with Gasteiger partial charge in [0.05, 0.1) is 5.69 Å². The molecule has 3 fully saturated rings. The minimum atomic E-state index is 0.776. The van der Waals surface area contributed by atoms with Crippen molar-refractivity contribution in [2.75, 3.05) is 18.0 Å². The van der Waals surface area contributed by atoms with Gasteiger partial charge in [-0.05, 0) is 44.6 Å². The Bertz CT molecular complexity index is 466. The molecule has 0 aromatic carbocycles. The smallest absolute Gasteiger partial charge is 0.186 e. The third kappa shape index (κ3) is 2.19. The van der Waals surface area contributed by atoms with E-state index in [0.29, 0.717) is 0 Å². The van der Waals surface area contributed by atoms with Crippen LogP contribution in [0.4, 0.5) is 5.13 Å². The van der Waals surface area contributed by atoms with Gasteiger partial charge in [-0.15, -0.1) is 11.3 Å². The molecule has 4 heteroatoms. The Hall–Kier alpha value is -0.610. The number of anilines is 1. The maximum Gasteiger partial charge on any atom is 0.186 e.